The van der Waals surface area contributed by atoms with Crippen molar-refractivity contribution < 1.29 is 4.92 Å². The minimum atomic E-state index is -0.414. The van der Waals surface area contributed by atoms with E-state index in [-0.39, 0.29) is 11.5 Å². The molecule has 0 radical (unpaired) electrons. The molecule has 21 heavy (non-hydrogen) atoms. The summed E-state index contributed by atoms with van der Waals surface area (Å²) < 4.78 is 1.54. The molecular weight excluding hydrogens is 272 g/mol. The van der Waals surface area contributed by atoms with Gasteiger partial charge in [0.1, 0.15) is 12.7 Å². The standard InChI is InChI=1S/C13H16N6O2/c1-10-2-5-17(6-3-10)12-11(19(20)21)13(16-8-15-12)18-7-4-14-9-18/h4,7-10H,2-3,5-6H2,1H3. The van der Waals surface area contributed by atoms with Crippen LogP contribution < -0.4 is 4.90 Å². The summed E-state index contributed by atoms with van der Waals surface area (Å²) in [4.78, 5) is 25.2. The molecule has 0 bridgehead atoms. The first-order chi connectivity index (χ1) is 10.2. The molecule has 0 aromatic carbocycles. The average molecular weight is 288 g/mol. The molecule has 0 spiro atoms. The van der Waals surface area contributed by atoms with Gasteiger partial charge < -0.3 is 4.90 Å². The van der Waals surface area contributed by atoms with Crippen molar-refractivity contribution >= 4 is 11.5 Å². The number of rotatable bonds is 3. The topological polar surface area (TPSA) is 90.0 Å². The zero-order chi connectivity index (χ0) is 14.8. The van der Waals surface area contributed by atoms with Crippen molar-refractivity contribution in [3.63, 3.8) is 0 Å². The van der Waals surface area contributed by atoms with Crippen molar-refractivity contribution in [3.05, 3.63) is 35.2 Å². The van der Waals surface area contributed by atoms with Gasteiger partial charge in [-0.05, 0) is 18.8 Å². The second-order valence-corrected chi connectivity index (χ2v) is 5.27. The first-order valence-corrected chi connectivity index (χ1v) is 6.89. The fraction of sp³-hybridized carbons (Fsp3) is 0.462. The number of imidazole rings is 1. The first-order valence-electron chi connectivity index (χ1n) is 6.89. The third kappa shape index (κ3) is 2.56. The Bertz CT molecular complexity index is 634. The van der Waals surface area contributed by atoms with E-state index in [0.717, 1.165) is 25.9 Å². The SMILES string of the molecule is CC1CCN(c2ncnc(-n3ccnc3)c2[N+](=O)[O-])CC1. The van der Waals surface area contributed by atoms with E-state index in [9.17, 15) is 10.1 Å². The fourth-order valence-corrected chi connectivity index (χ4v) is 2.55. The van der Waals surface area contributed by atoms with E-state index in [1.54, 1.807) is 12.4 Å². The molecule has 0 aliphatic carbocycles. The minimum absolute atomic E-state index is 0.0648. The predicted octanol–water partition coefficient (Wildman–Crippen LogP) is 1.81. The van der Waals surface area contributed by atoms with Crippen molar-refractivity contribution in [1.29, 1.82) is 0 Å². The van der Waals surface area contributed by atoms with Gasteiger partial charge >= 0.3 is 5.69 Å². The van der Waals surface area contributed by atoms with Gasteiger partial charge in [0.2, 0.25) is 11.6 Å². The molecule has 1 aliphatic heterocycles. The van der Waals surface area contributed by atoms with E-state index in [1.165, 1.54) is 17.2 Å². The third-order valence-electron chi connectivity index (χ3n) is 3.80. The molecule has 3 rings (SSSR count). The lowest BCUT2D eigenvalue weighted by atomic mass is 9.99. The van der Waals surface area contributed by atoms with Crippen LogP contribution in [-0.4, -0.2) is 37.5 Å². The molecule has 0 unspecified atom stereocenters. The highest BCUT2D eigenvalue weighted by Gasteiger charge is 2.29. The molecule has 0 N–H and O–H groups in total. The lowest BCUT2D eigenvalue weighted by Gasteiger charge is -2.30. The normalized spacial score (nSPS) is 16.1. The van der Waals surface area contributed by atoms with Crippen LogP contribution in [-0.2, 0) is 0 Å². The van der Waals surface area contributed by atoms with Crippen LogP contribution in [0.5, 0.6) is 0 Å². The van der Waals surface area contributed by atoms with E-state index in [0.29, 0.717) is 11.7 Å². The van der Waals surface area contributed by atoms with Crippen LogP contribution in [0.2, 0.25) is 0 Å². The van der Waals surface area contributed by atoms with Crippen molar-refractivity contribution in [2.24, 2.45) is 5.92 Å². The van der Waals surface area contributed by atoms with Crippen molar-refractivity contribution in [3.8, 4) is 5.82 Å². The fourth-order valence-electron chi connectivity index (χ4n) is 2.55. The van der Waals surface area contributed by atoms with Crippen molar-refractivity contribution in [2.45, 2.75) is 19.8 Å². The smallest absolute Gasteiger partial charge is 0.351 e. The van der Waals surface area contributed by atoms with Crippen LogP contribution in [0.4, 0.5) is 11.5 Å². The zero-order valence-corrected chi connectivity index (χ0v) is 11.7. The highest BCUT2D eigenvalue weighted by molar-refractivity contribution is 5.65. The molecule has 0 saturated carbocycles. The van der Waals surface area contributed by atoms with Crippen molar-refractivity contribution in [1.82, 2.24) is 19.5 Å². The lowest BCUT2D eigenvalue weighted by molar-refractivity contribution is -0.384. The van der Waals surface area contributed by atoms with Crippen LogP contribution in [0.15, 0.2) is 25.0 Å². The molecule has 3 heterocycles. The van der Waals surface area contributed by atoms with Crippen LogP contribution in [0, 0.1) is 16.0 Å². The minimum Gasteiger partial charge on any atom is -0.351 e. The van der Waals surface area contributed by atoms with E-state index >= 15 is 0 Å². The molecule has 110 valence electrons. The number of aromatic nitrogens is 4. The Hall–Kier alpha value is -2.51. The van der Waals surface area contributed by atoms with Crippen LogP contribution in [0.3, 0.4) is 0 Å². The molecule has 8 heteroatoms. The molecule has 2 aromatic heterocycles. The highest BCUT2D eigenvalue weighted by Crippen LogP contribution is 2.32. The summed E-state index contributed by atoms with van der Waals surface area (Å²) in [6.07, 6.45) is 8.10. The molecule has 8 nitrogen and oxygen atoms in total. The highest BCUT2D eigenvalue weighted by atomic mass is 16.6. The van der Waals surface area contributed by atoms with Crippen LogP contribution in [0.1, 0.15) is 19.8 Å². The average Bonchev–Trinajstić information content (AvgIpc) is 3.01. The maximum absolute atomic E-state index is 11.5. The molecule has 0 atom stereocenters. The monoisotopic (exact) mass is 288 g/mol. The zero-order valence-electron chi connectivity index (χ0n) is 11.7. The summed E-state index contributed by atoms with van der Waals surface area (Å²) in [5, 5.41) is 11.5. The molecule has 1 fully saturated rings. The van der Waals surface area contributed by atoms with Gasteiger partial charge in [-0.15, -0.1) is 0 Å². The van der Waals surface area contributed by atoms with Gasteiger partial charge in [-0.3, -0.25) is 14.7 Å². The Morgan fingerprint density at radius 3 is 2.62 bits per heavy atom. The lowest BCUT2D eigenvalue weighted by Crippen LogP contribution is -2.34. The molecule has 1 saturated heterocycles. The Labute approximate surface area is 121 Å². The van der Waals surface area contributed by atoms with Crippen LogP contribution >= 0.6 is 0 Å². The first kappa shape index (κ1) is 13.5. The number of anilines is 1. The van der Waals surface area contributed by atoms with Gasteiger partial charge in [-0.1, -0.05) is 6.92 Å². The van der Waals surface area contributed by atoms with Gasteiger partial charge in [0.25, 0.3) is 0 Å². The second-order valence-electron chi connectivity index (χ2n) is 5.27. The molecule has 1 aliphatic rings. The summed E-state index contributed by atoms with van der Waals surface area (Å²) in [6.45, 7) is 3.76. The summed E-state index contributed by atoms with van der Waals surface area (Å²) in [5.41, 5.74) is -0.0648. The Morgan fingerprint density at radius 1 is 1.29 bits per heavy atom. The number of nitro groups is 1. The van der Waals surface area contributed by atoms with Gasteiger partial charge in [0.05, 0.1) is 4.92 Å². The van der Waals surface area contributed by atoms with Crippen LogP contribution in [0.25, 0.3) is 5.82 Å². The molecular formula is C13H16N6O2. The maximum Gasteiger partial charge on any atom is 0.354 e. The van der Waals surface area contributed by atoms with E-state index in [4.69, 9.17) is 0 Å². The second kappa shape index (κ2) is 5.47. The van der Waals surface area contributed by atoms with Gasteiger partial charge in [-0.2, -0.15) is 0 Å². The van der Waals surface area contributed by atoms with E-state index in [2.05, 4.69) is 21.9 Å². The number of hydrogen-bond acceptors (Lipinski definition) is 6. The van der Waals surface area contributed by atoms with Gasteiger partial charge in [-0.25, -0.2) is 15.0 Å². The summed E-state index contributed by atoms with van der Waals surface area (Å²) >= 11 is 0. The maximum atomic E-state index is 11.5. The molecule has 0 amide bonds. The Kier molecular flexibility index (Phi) is 3.51. The van der Waals surface area contributed by atoms with Gasteiger partial charge in [0, 0.05) is 25.5 Å². The largest absolute Gasteiger partial charge is 0.354 e. The van der Waals surface area contributed by atoms with Gasteiger partial charge in [0.15, 0.2) is 0 Å². The summed E-state index contributed by atoms with van der Waals surface area (Å²) in [5.74, 6) is 1.29. The number of piperidine rings is 1. The molecule has 2 aromatic rings. The Balaban J connectivity index is 2.04. The quantitative estimate of drug-likeness (QED) is 0.632. The predicted molar refractivity (Wildman–Crippen MR) is 76.4 cm³/mol. The van der Waals surface area contributed by atoms with E-state index < -0.39 is 4.92 Å². The van der Waals surface area contributed by atoms with E-state index in [1.807, 2.05) is 4.90 Å². The third-order valence-corrected chi connectivity index (χ3v) is 3.80. The summed E-state index contributed by atoms with van der Waals surface area (Å²) in [7, 11) is 0. The van der Waals surface area contributed by atoms with Crippen molar-refractivity contribution in [2.75, 3.05) is 18.0 Å². The Morgan fingerprint density at radius 2 is 2.00 bits per heavy atom. The number of nitrogens with zero attached hydrogens (tertiary/aromatic N) is 6. The number of hydrogen-bond donors (Lipinski definition) is 0. The summed E-state index contributed by atoms with van der Waals surface area (Å²) in [6, 6.07) is 0.